The van der Waals surface area contributed by atoms with E-state index in [1.165, 1.54) is 22.2 Å². The molecule has 0 saturated carbocycles. The molecule has 0 aromatic carbocycles. The number of amides is 1. The van der Waals surface area contributed by atoms with Crippen LogP contribution in [0, 0.1) is 0 Å². The van der Waals surface area contributed by atoms with Gasteiger partial charge in [-0.05, 0) is 17.5 Å². The molecule has 1 N–H and O–H groups in total. The summed E-state index contributed by atoms with van der Waals surface area (Å²) in [4.78, 5) is 17.3. The zero-order valence-electron chi connectivity index (χ0n) is 15.0. The summed E-state index contributed by atoms with van der Waals surface area (Å²) in [5.74, 6) is -0.770. The minimum absolute atomic E-state index is 0.0155. The lowest BCUT2D eigenvalue weighted by atomic mass is 10.2. The van der Waals surface area contributed by atoms with Crippen LogP contribution in [-0.4, -0.2) is 30.3 Å². The fourth-order valence-electron chi connectivity index (χ4n) is 2.77. The van der Waals surface area contributed by atoms with Crippen LogP contribution in [0.2, 0.25) is 10.0 Å². The number of aromatic nitrogens is 5. The minimum atomic E-state index is -4.74. The molecule has 0 fully saturated rings. The van der Waals surface area contributed by atoms with E-state index in [2.05, 4.69) is 20.5 Å². The molecule has 0 unspecified atom stereocenters. The quantitative estimate of drug-likeness (QED) is 0.474. The second-order valence-electron chi connectivity index (χ2n) is 6.15. The molecule has 4 aromatic heterocycles. The maximum Gasteiger partial charge on any atom is 0.433 e. The third kappa shape index (κ3) is 3.64. The summed E-state index contributed by atoms with van der Waals surface area (Å²) >= 11 is 13.4. The van der Waals surface area contributed by atoms with Crippen molar-refractivity contribution >= 4 is 46.1 Å². The van der Waals surface area contributed by atoms with Gasteiger partial charge >= 0.3 is 6.18 Å². The summed E-state index contributed by atoms with van der Waals surface area (Å²) in [5, 5.41) is 12.0. The number of carbonyl (C=O) groups is 1. The van der Waals surface area contributed by atoms with Gasteiger partial charge in [-0.25, -0.2) is 9.50 Å². The molecular weight excluding hydrogens is 464 g/mol. The summed E-state index contributed by atoms with van der Waals surface area (Å²) in [6.45, 7) is -0.0155. The van der Waals surface area contributed by atoms with Gasteiger partial charge in [-0.15, -0.1) is 11.3 Å². The molecule has 4 heterocycles. The molecule has 7 nitrogen and oxygen atoms in total. The average Bonchev–Trinajstić information content (AvgIpc) is 3.40. The molecule has 0 radical (unpaired) electrons. The predicted octanol–water partition coefficient (Wildman–Crippen LogP) is 4.45. The van der Waals surface area contributed by atoms with Gasteiger partial charge in [0.05, 0.1) is 34.0 Å². The number of rotatable bonds is 4. The standard InChI is InChI=1S/C17H11Cl2F3N6OS/c1-27-10(8(18)6-24-27)7-23-16(29)14-13(19)15-25-9(11-3-2-4-30-11)5-12(17(20,21)22)28(15)26-14/h2-6H,7H2,1H3,(H,23,29). The number of hydrogen-bond donors (Lipinski definition) is 1. The molecule has 4 rings (SSSR count). The van der Waals surface area contributed by atoms with E-state index in [-0.39, 0.29) is 28.6 Å². The van der Waals surface area contributed by atoms with Crippen LogP contribution in [-0.2, 0) is 19.8 Å². The lowest BCUT2D eigenvalue weighted by Crippen LogP contribution is -2.25. The van der Waals surface area contributed by atoms with Crippen LogP contribution in [0.15, 0.2) is 29.8 Å². The van der Waals surface area contributed by atoms with E-state index in [1.807, 2.05) is 0 Å². The molecule has 0 bridgehead atoms. The van der Waals surface area contributed by atoms with Crippen LogP contribution in [0.5, 0.6) is 0 Å². The normalized spacial score (nSPS) is 11.9. The molecule has 13 heteroatoms. The van der Waals surface area contributed by atoms with Crippen molar-refractivity contribution in [1.29, 1.82) is 0 Å². The van der Waals surface area contributed by atoms with Gasteiger partial charge in [0.2, 0.25) is 0 Å². The van der Waals surface area contributed by atoms with Gasteiger partial charge in [0.15, 0.2) is 17.0 Å². The highest BCUT2D eigenvalue weighted by atomic mass is 35.5. The Balaban J connectivity index is 1.76. The summed E-state index contributed by atoms with van der Waals surface area (Å²) in [5.41, 5.74) is -1.14. The predicted molar refractivity (Wildman–Crippen MR) is 106 cm³/mol. The van der Waals surface area contributed by atoms with Crippen molar-refractivity contribution < 1.29 is 18.0 Å². The van der Waals surface area contributed by atoms with Crippen molar-refractivity contribution in [2.24, 2.45) is 7.05 Å². The Morgan fingerprint density at radius 1 is 1.33 bits per heavy atom. The lowest BCUT2D eigenvalue weighted by molar-refractivity contribution is -0.142. The first kappa shape index (κ1) is 20.6. The average molecular weight is 475 g/mol. The van der Waals surface area contributed by atoms with Crippen LogP contribution < -0.4 is 5.32 Å². The van der Waals surface area contributed by atoms with Crippen LogP contribution in [0.4, 0.5) is 13.2 Å². The first-order valence-corrected chi connectivity index (χ1v) is 9.95. The van der Waals surface area contributed by atoms with E-state index in [0.717, 1.165) is 6.07 Å². The number of nitrogens with zero attached hydrogens (tertiary/aromatic N) is 5. The number of nitrogens with one attached hydrogen (secondary N) is 1. The lowest BCUT2D eigenvalue weighted by Gasteiger charge is -2.10. The molecule has 0 spiro atoms. The largest absolute Gasteiger partial charge is 0.433 e. The monoisotopic (exact) mass is 474 g/mol. The highest BCUT2D eigenvalue weighted by Crippen LogP contribution is 2.35. The van der Waals surface area contributed by atoms with Crippen LogP contribution in [0.3, 0.4) is 0 Å². The van der Waals surface area contributed by atoms with Crippen LogP contribution >= 0.6 is 34.5 Å². The smallest absolute Gasteiger partial charge is 0.345 e. The number of fused-ring (bicyclic) bond motifs is 1. The zero-order chi connectivity index (χ0) is 21.6. The minimum Gasteiger partial charge on any atom is -0.345 e. The van der Waals surface area contributed by atoms with Gasteiger partial charge < -0.3 is 5.32 Å². The zero-order valence-corrected chi connectivity index (χ0v) is 17.4. The van der Waals surface area contributed by atoms with Crippen molar-refractivity contribution in [3.8, 4) is 10.6 Å². The molecule has 156 valence electrons. The van der Waals surface area contributed by atoms with Crippen molar-refractivity contribution in [1.82, 2.24) is 29.7 Å². The number of aryl methyl sites for hydroxylation is 1. The Morgan fingerprint density at radius 2 is 2.10 bits per heavy atom. The fraction of sp³-hybridized carbons (Fsp3) is 0.176. The first-order chi connectivity index (χ1) is 14.2. The van der Waals surface area contributed by atoms with Crippen LogP contribution in [0.1, 0.15) is 21.9 Å². The van der Waals surface area contributed by atoms with E-state index in [4.69, 9.17) is 23.2 Å². The van der Waals surface area contributed by atoms with Crippen molar-refractivity contribution in [3.05, 3.63) is 56.9 Å². The highest BCUT2D eigenvalue weighted by molar-refractivity contribution is 7.13. The van der Waals surface area contributed by atoms with E-state index >= 15 is 0 Å². The van der Waals surface area contributed by atoms with E-state index < -0.39 is 17.8 Å². The number of hydrogen-bond acceptors (Lipinski definition) is 5. The maximum atomic E-state index is 13.7. The van der Waals surface area contributed by atoms with Crippen molar-refractivity contribution in [2.45, 2.75) is 12.7 Å². The number of alkyl halides is 3. The Kier molecular flexibility index (Phi) is 5.20. The fourth-order valence-corrected chi connectivity index (χ4v) is 3.94. The molecule has 0 aliphatic carbocycles. The van der Waals surface area contributed by atoms with Gasteiger partial charge in [0, 0.05) is 7.05 Å². The maximum absolute atomic E-state index is 13.7. The van der Waals surface area contributed by atoms with Gasteiger partial charge in [-0.2, -0.15) is 23.4 Å². The second kappa shape index (κ2) is 7.56. The molecule has 0 aliphatic rings. The molecule has 0 saturated heterocycles. The van der Waals surface area contributed by atoms with Gasteiger partial charge in [-0.3, -0.25) is 9.48 Å². The summed E-state index contributed by atoms with van der Waals surface area (Å²) in [7, 11) is 1.64. The Morgan fingerprint density at radius 3 is 2.70 bits per heavy atom. The van der Waals surface area contributed by atoms with Gasteiger partial charge in [0.25, 0.3) is 5.91 Å². The third-order valence-corrected chi connectivity index (χ3v) is 5.80. The molecule has 30 heavy (non-hydrogen) atoms. The van der Waals surface area contributed by atoms with Gasteiger partial charge in [0.1, 0.15) is 5.02 Å². The summed E-state index contributed by atoms with van der Waals surface area (Å²) in [6.07, 6.45) is -3.33. The number of carbonyl (C=O) groups excluding carboxylic acids is 1. The third-order valence-electron chi connectivity index (χ3n) is 4.24. The number of thiophene rings is 1. The molecule has 0 atom stereocenters. The molecule has 0 aliphatic heterocycles. The number of halogens is 5. The summed E-state index contributed by atoms with van der Waals surface area (Å²) in [6, 6.07) is 4.21. The van der Waals surface area contributed by atoms with E-state index in [1.54, 1.807) is 24.6 Å². The topological polar surface area (TPSA) is 77.1 Å². The Labute approximate surface area is 181 Å². The Bertz CT molecular complexity index is 1230. The van der Waals surface area contributed by atoms with Gasteiger partial charge in [-0.1, -0.05) is 29.3 Å². The first-order valence-electron chi connectivity index (χ1n) is 8.31. The van der Waals surface area contributed by atoms with E-state index in [9.17, 15) is 18.0 Å². The van der Waals surface area contributed by atoms with Crippen molar-refractivity contribution in [3.63, 3.8) is 0 Å². The van der Waals surface area contributed by atoms with Crippen molar-refractivity contribution in [2.75, 3.05) is 0 Å². The Hall–Kier alpha value is -2.63. The highest BCUT2D eigenvalue weighted by Gasteiger charge is 2.36. The second-order valence-corrected chi connectivity index (χ2v) is 7.88. The molecule has 4 aromatic rings. The SMILES string of the molecule is Cn1ncc(Cl)c1CNC(=O)c1nn2c(C(F)(F)F)cc(-c3cccs3)nc2c1Cl. The molecular formula is C17H11Cl2F3N6OS. The van der Waals surface area contributed by atoms with Crippen LogP contribution in [0.25, 0.3) is 16.2 Å². The summed E-state index contributed by atoms with van der Waals surface area (Å²) < 4.78 is 42.9. The van der Waals surface area contributed by atoms with E-state index in [0.29, 0.717) is 20.1 Å². The molecule has 1 amide bonds.